The standard InChI is InChI=1S/C53H81N8O10/c1-34(2)29-40(58-50(68)71-51(5,6)7)45(63)57-41(30-36-21-14-12-15-22-36)48(66)60-28-20-26-42(60)46(64)59-43(35(3)4)47(65)56-39(44(62)55-38-31-52(8,9)61(69)53(10,11)32-38)25-18-19-27-54-49(67)70-33-37-23-16-13-17-24-37/h12-17,21-24,34-35,38-43H,18-20,25-33H2,1-11H3,(H,54,67)(H,55,62)(H,56,65)(H,57,63)(H,58,68)(H,59,64)/t39-,40-,41+,42-,43-/m0/s1. The maximum Gasteiger partial charge on any atom is 0.408 e. The van der Waals surface area contributed by atoms with E-state index in [0.717, 1.165) is 16.2 Å². The fourth-order valence-corrected chi connectivity index (χ4v) is 9.40. The van der Waals surface area contributed by atoms with Gasteiger partial charge in [0, 0.05) is 36.6 Å². The highest BCUT2D eigenvalue weighted by molar-refractivity contribution is 5.96. The largest absolute Gasteiger partial charge is 0.445 e. The zero-order valence-electron chi connectivity index (χ0n) is 43.9. The minimum absolute atomic E-state index is 0.000432. The number of carbonyl (C=O) groups is 7. The Morgan fingerprint density at radius 3 is 1.89 bits per heavy atom. The van der Waals surface area contributed by atoms with Crippen molar-refractivity contribution in [2.45, 2.75) is 193 Å². The second kappa shape index (κ2) is 26.1. The summed E-state index contributed by atoms with van der Waals surface area (Å²) in [6.07, 6.45) is 1.71. The molecule has 0 unspecified atom stereocenters. The molecule has 5 atom stereocenters. The third kappa shape index (κ3) is 18.4. The van der Waals surface area contributed by atoms with Crippen LogP contribution < -0.4 is 31.9 Å². The minimum Gasteiger partial charge on any atom is -0.445 e. The van der Waals surface area contributed by atoms with Crippen LogP contribution in [0.25, 0.3) is 0 Å². The SMILES string of the molecule is CC(C)C[C@H](NC(=O)OC(C)(C)C)C(=O)N[C@H](Cc1ccccc1)C(=O)N1CCC[C@H]1C(=O)N[C@H](C(=O)N[C@@H](CCCCNC(=O)OCc1ccccc1)C(=O)NC1CC(C)(C)N([O])C(C)(C)C1)C(C)C. The molecule has 18 heteroatoms. The molecule has 2 aromatic carbocycles. The van der Waals surface area contributed by atoms with Crippen molar-refractivity contribution in [3.05, 3.63) is 71.8 Å². The number of rotatable bonds is 22. The number of benzene rings is 2. The number of hydroxylamine groups is 2. The molecule has 71 heavy (non-hydrogen) atoms. The number of nitrogens with one attached hydrogen (secondary N) is 6. The third-order valence-electron chi connectivity index (χ3n) is 12.7. The minimum atomic E-state index is -1.11. The molecule has 2 aliphatic heterocycles. The van der Waals surface area contributed by atoms with E-state index in [4.69, 9.17) is 9.47 Å². The molecule has 18 nitrogen and oxygen atoms in total. The molecule has 6 N–H and O–H groups in total. The number of hydrogen-bond acceptors (Lipinski definition) is 10. The molecular formula is C53H81N8O10. The smallest absolute Gasteiger partial charge is 0.408 e. The summed E-state index contributed by atoms with van der Waals surface area (Å²) in [5, 5.41) is 31.4. The number of ether oxygens (including phenoxy) is 2. The predicted octanol–water partition coefficient (Wildman–Crippen LogP) is 5.85. The van der Waals surface area contributed by atoms with Gasteiger partial charge in [-0.2, -0.15) is 0 Å². The van der Waals surface area contributed by atoms with Crippen molar-refractivity contribution < 1.29 is 48.2 Å². The van der Waals surface area contributed by atoms with E-state index >= 15 is 0 Å². The lowest BCUT2D eigenvalue weighted by atomic mass is 9.79. The number of piperidine rings is 1. The van der Waals surface area contributed by atoms with Crippen LogP contribution in [0.1, 0.15) is 139 Å². The van der Waals surface area contributed by atoms with Gasteiger partial charge in [-0.15, -0.1) is 10.3 Å². The van der Waals surface area contributed by atoms with Gasteiger partial charge in [0.15, 0.2) is 0 Å². The molecule has 7 amide bonds. The summed E-state index contributed by atoms with van der Waals surface area (Å²) in [4.78, 5) is 98.1. The van der Waals surface area contributed by atoms with Crippen molar-refractivity contribution in [1.82, 2.24) is 41.9 Å². The second-order valence-corrected chi connectivity index (χ2v) is 22.1. The number of carbonyl (C=O) groups excluding carboxylic acids is 7. The van der Waals surface area contributed by atoms with E-state index in [2.05, 4.69) is 31.9 Å². The van der Waals surface area contributed by atoms with Crippen LogP contribution in [-0.2, 0) is 51.7 Å². The number of alkyl carbamates (subject to hydrolysis) is 2. The quantitative estimate of drug-likeness (QED) is 0.0770. The first-order valence-corrected chi connectivity index (χ1v) is 25.2. The Labute approximate surface area is 420 Å². The van der Waals surface area contributed by atoms with Crippen molar-refractivity contribution in [3.63, 3.8) is 0 Å². The lowest BCUT2D eigenvalue weighted by Gasteiger charge is -2.50. The summed E-state index contributed by atoms with van der Waals surface area (Å²) in [6, 6.07) is 12.9. The van der Waals surface area contributed by atoms with Crippen molar-refractivity contribution in [3.8, 4) is 0 Å². The molecule has 1 radical (unpaired) electrons. The van der Waals surface area contributed by atoms with Crippen LogP contribution in [0.2, 0.25) is 0 Å². The fraction of sp³-hybridized carbons (Fsp3) is 0.642. The van der Waals surface area contributed by atoms with Crippen LogP contribution in [0.3, 0.4) is 0 Å². The Balaban J connectivity index is 1.49. The Hall–Kier alpha value is -5.75. The van der Waals surface area contributed by atoms with E-state index in [0.29, 0.717) is 38.5 Å². The average Bonchev–Trinajstić information content (AvgIpc) is 3.78. The molecule has 0 aromatic heterocycles. The molecule has 2 heterocycles. The lowest BCUT2D eigenvalue weighted by molar-refractivity contribution is -0.290. The normalized spacial score (nSPS) is 18.6. The molecule has 4 rings (SSSR count). The van der Waals surface area contributed by atoms with Crippen LogP contribution in [0.15, 0.2) is 60.7 Å². The van der Waals surface area contributed by atoms with Crippen LogP contribution in [0.4, 0.5) is 9.59 Å². The molecule has 0 saturated carbocycles. The first-order valence-electron chi connectivity index (χ1n) is 25.2. The topological polar surface area (TPSA) is 237 Å². The van der Waals surface area contributed by atoms with Gasteiger partial charge in [-0.05, 0) is 123 Å². The Bertz CT molecular complexity index is 2080. The van der Waals surface area contributed by atoms with E-state index in [9.17, 15) is 38.8 Å². The van der Waals surface area contributed by atoms with Crippen molar-refractivity contribution in [1.29, 1.82) is 0 Å². The third-order valence-corrected chi connectivity index (χ3v) is 12.7. The van der Waals surface area contributed by atoms with E-state index in [-0.39, 0.29) is 50.9 Å². The summed E-state index contributed by atoms with van der Waals surface area (Å²) in [6.45, 7) is 20.5. The van der Waals surface area contributed by atoms with Gasteiger partial charge in [-0.1, -0.05) is 88.4 Å². The summed E-state index contributed by atoms with van der Waals surface area (Å²) in [5.74, 6) is -3.09. The number of amides is 7. The van der Waals surface area contributed by atoms with Gasteiger partial charge < -0.3 is 46.3 Å². The zero-order chi connectivity index (χ0) is 52.7. The van der Waals surface area contributed by atoms with Gasteiger partial charge in [-0.25, -0.2) is 9.59 Å². The highest BCUT2D eigenvalue weighted by atomic mass is 16.6. The van der Waals surface area contributed by atoms with E-state index in [1.54, 1.807) is 34.6 Å². The Morgan fingerprint density at radius 2 is 1.31 bits per heavy atom. The van der Waals surface area contributed by atoms with Gasteiger partial charge in [0.25, 0.3) is 0 Å². The summed E-state index contributed by atoms with van der Waals surface area (Å²) >= 11 is 0. The van der Waals surface area contributed by atoms with Gasteiger partial charge in [0.1, 0.15) is 42.4 Å². The van der Waals surface area contributed by atoms with Crippen LogP contribution >= 0.6 is 0 Å². The first kappa shape index (κ1) is 57.8. The van der Waals surface area contributed by atoms with Crippen molar-refractivity contribution >= 4 is 41.7 Å². The van der Waals surface area contributed by atoms with Gasteiger partial charge in [0.2, 0.25) is 29.5 Å². The Kier molecular flexibility index (Phi) is 21.3. The molecule has 0 aliphatic carbocycles. The van der Waals surface area contributed by atoms with E-state index in [1.165, 1.54) is 4.90 Å². The number of hydrogen-bond donors (Lipinski definition) is 6. The molecule has 0 spiro atoms. The van der Waals surface area contributed by atoms with Crippen LogP contribution in [0.5, 0.6) is 0 Å². The second-order valence-electron chi connectivity index (χ2n) is 22.1. The summed E-state index contributed by atoms with van der Waals surface area (Å²) in [7, 11) is 0. The monoisotopic (exact) mass is 990 g/mol. The number of likely N-dealkylation sites (tertiary alicyclic amines) is 1. The summed E-state index contributed by atoms with van der Waals surface area (Å²) < 4.78 is 10.8. The lowest BCUT2D eigenvalue weighted by Crippen LogP contribution is -2.64. The Morgan fingerprint density at radius 1 is 0.718 bits per heavy atom. The molecule has 0 bridgehead atoms. The van der Waals surface area contributed by atoms with Crippen molar-refractivity contribution in [2.75, 3.05) is 13.1 Å². The maximum absolute atomic E-state index is 14.6. The molecule has 2 fully saturated rings. The van der Waals surface area contributed by atoms with Gasteiger partial charge in [0.05, 0.1) is 0 Å². The van der Waals surface area contributed by atoms with Crippen LogP contribution in [0, 0.1) is 11.8 Å². The molecule has 2 saturated heterocycles. The van der Waals surface area contributed by atoms with E-state index < -0.39 is 94.5 Å². The molecule has 393 valence electrons. The molecule has 2 aromatic rings. The fourth-order valence-electron chi connectivity index (χ4n) is 9.40. The van der Waals surface area contributed by atoms with E-state index in [1.807, 2.05) is 102 Å². The number of nitrogens with zero attached hydrogens (tertiary/aromatic N) is 2. The number of unbranched alkanes of at least 4 members (excludes halogenated alkanes) is 1. The molecule has 2 aliphatic rings. The van der Waals surface area contributed by atoms with Gasteiger partial charge >= 0.3 is 12.2 Å². The summed E-state index contributed by atoms with van der Waals surface area (Å²) in [5.41, 5.74) is -0.711. The average molecular weight is 990 g/mol. The van der Waals surface area contributed by atoms with Crippen LogP contribution in [-0.4, -0.2) is 118 Å². The van der Waals surface area contributed by atoms with Gasteiger partial charge in [-0.3, -0.25) is 24.0 Å². The zero-order valence-corrected chi connectivity index (χ0v) is 43.9. The highest BCUT2D eigenvalue weighted by Gasteiger charge is 2.47. The highest BCUT2D eigenvalue weighted by Crippen LogP contribution is 2.37. The maximum atomic E-state index is 14.6. The van der Waals surface area contributed by atoms with Crippen molar-refractivity contribution in [2.24, 2.45) is 11.8 Å². The molecular weight excluding hydrogens is 909 g/mol. The first-order chi connectivity index (χ1) is 33.3. The predicted molar refractivity (Wildman–Crippen MR) is 268 cm³/mol.